The van der Waals surface area contributed by atoms with Gasteiger partial charge in [-0.2, -0.15) is 18.2 Å². The number of rotatable bonds is 0. The van der Waals surface area contributed by atoms with Crippen LogP contribution in [0.3, 0.4) is 0 Å². The molecule has 4 heteroatoms. The van der Waals surface area contributed by atoms with Crippen LogP contribution in [0.2, 0.25) is 0 Å². The van der Waals surface area contributed by atoms with E-state index in [-0.39, 0.29) is 29.5 Å². The van der Waals surface area contributed by atoms with E-state index in [1.54, 1.807) is 11.9 Å². The molecule has 0 saturated carbocycles. The third-order valence-electron chi connectivity index (χ3n) is 3.76. The van der Waals surface area contributed by atoms with Crippen LogP contribution in [-0.4, -0.2) is 19.5 Å². The van der Waals surface area contributed by atoms with Gasteiger partial charge in [0, 0.05) is 12.7 Å². The maximum atomic E-state index is 11.9. The zero-order valence-electron chi connectivity index (χ0n) is 13.4. The fraction of sp³-hybridized carbons (Fsp3) is 0.100. The topological polar surface area (TPSA) is 34.4 Å². The number of nitrogens with zero attached hydrogens (tertiary/aromatic N) is 2. The Kier molecular flexibility index (Phi) is 6.30. The molecule has 0 spiro atoms. The fourth-order valence-corrected chi connectivity index (χ4v) is 2.54. The first kappa shape index (κ1) is 17.9. The molecule has 0 bridgehead atoms. The fourth-order valence-electron chi connectivity index (χ4n) is 2.54. The van der Waals surface area contributed by atoms with E-state index in [1.807, 2.05) is 78.9 Å². The molecule has 4 rings (SSSR count). The molecule has 1 heterocycles. The van der Waals surface area contributed by atoms with Gasteiger partial charge in [-0.05, 0) is 23.7 Å². The molecule has 0 radical (unpaired) electrons. The quantitative estimate of drug-likeness (QED) is 0.511. The summed E-state index contributed by atoms with van der Waals surface area (Å²) in [6.45, 7) is 0.200. The molecular formula is C20H18FeN2O. The molecule has 0 N–H and O–H groups in total. The third-order valence-corrected chi connectivity index (χ3v) is 3.76. The van der Waals surface area contributed by atoms with Crippen LogP contribution in [0, 0.1) is 0 Å². The van der Waals surface area contributed by atoms with Crippen LogP contribution in [0.15, 0.2) is 84.5 Å². The molecule has 0 atom stereocenters. The molecule has 24 heavy (non-hydrogen) atoms. The first-order valence-electron chi connectivity index (χ1n) is 7.56. The Balaban J connectivity index is 0.000000300. The molecule has 0 unspecified atom stereocenters. The Morgan fingerprint density at radius 2 is 1.71 bits per heavy atom. The Labute approximate surface area is 153 Å². The number of hydrogen-bond donors (Lipinski definition) is 0. The summed E-state index contributed by atoms with van der Waals surface area (Å²) in [5.41, 5.74) is 3.89. The molecule has 0 saturated heterocycles. The van der Waals surface area contributed by atoms with Crippen molar-refractivity contribution in [3.8, 4) is 0 Å². The number of allylic oxidation sites excluding steroid dienone is 5. The minimum absolute atomic E-state index is 0. The minimum Gasteiger partial charge on any atom is -0.676 e. The van der Waals surface area contributed by atoms with Gasteiger partial charge in [0.25, 0.3) is 0 Å². The van der Waals surface area contributed by atoms with E-state index in [0.29, 0.717) is 0 Å². The predicted molar refractivity (Wildman–Crippen MR) is 95.3 cm³/mol. The first-order chi connectivity index (χ1) is 11.3. The molecular weight excluding hydrogens is 340 g/mol. The maximum Gasteiger partial charge on any atom is 2.00 e. The first-order valence-corrected chi connectivity index (χ1v) is 7.56. The van der Waals surface area contributed by atoms with Crippen LogP contribution in [-0.2, 0) is 21.9 Å². The van der Waals surface area contributed by atoms with Gasteiger partial charge >= 0.3 is 17.1 Å². The molecule has 0 fully saturated rings. The van der Waals surface area contributed by atoms with Crippen molar-refractivity contribution in [1.82, 2.24) is 0 Å². The molecule has 0 aromatic heterocycles. The van der Waals surface area contributed by atoms with Gasteiger partial charge in [-0.1, -0.05) is 42.5 Å². The summed E-state index contributed by atoms with van der Waals surface area (Å²) in [5.74, 6) is 0.0176. The summed E-state index contributed by atoms with van der Waals surface area (Å²) in [5, 5.41) is 4.46. The van der Waals surface area contributed by atoms with Crippen LogP contribution < -0.4 is 4.90 Å². The largest absolute Gasteiger partial charge is 2.00 e. The van der Waals surface area contributed by atoms with E-state index in [1.165, 1.54) is 0 Å². The van der Waals surface area contributed by atoms with Crippen LogP contribution in [0.4, 0.5) is 5.69 Å². The van der Waals surface area contributed by atoms with Crippen molar-refractivity contribution in [3.63, 3.8) is 0 Å². The summed E-state index contributed by atoms with van der Waals surface area (Å²) >= 11 is 0. The Morgan fingerprint density at radius 1 is 1.04 bits per heavy atom. The normalized spacial score (nSPS) is 15.0. The van der Waals surface area contributed by atoms with E-state index < -0.39 is 0 Å². The van der Waals surface area contributed by atoms with Gasteiger partial charge in [0.05, 0.1) is 0 Å². The summed E-state index contributed by atoms with van der Waals surface area (Å²) < 4.78 is 0. The monoisotopic (exact) mass is 358 g/mol. The molecule has 1 aliphatic heterocycles. The standard InChI is InChI=1S/C15H13N2O.C5H5.Fe/c1-17-13-9-5-4-8-12(13)15(16-10-14(17)18)11-6-2-3-7-11;1-2-4-5-3-1;/h2-9H,10H2,1H3;1-5H;/q2*-1;+2. The van der Waals surface area contributed by atoms with Gasteiger partial charge in [-0.25, -0.2) is 12.1 Å². The van der Waals surface area contributed by atoms with E-state index in [4.69, 9.17) is 0 Å². The predicted octanol–water partition coefficient (Wildman–Crippen LogP) is 4.28. The Hall–Kier alpha value is -2.42. The van der Waals surface area contributed by atoms with Crippen LogP contribution in [0.25, 0.3) is 11.0 Å². The Bertz CT molecular complexity index is 741. The van der Waals surface area contributed by atoms with E-state index >= 15 is 0 Å². The second-order valence-corrected chi connectivity index (χ2v) is 5.27. The third kappa shape index (κ3) is 3.91. The average molecular weight is 358 g/mol. The molecule has 2 aliphatic rings. The molecule has 1 aliphatic carbocycles. The van der Waals surface area contributed by atoms with E-state index in [9.17, 15) is 4.79 Å². The summed E-state index contributed by atoms with van der Waals surface area (Å²) in [6, 6.07) is 17.9. The van der Waals surface area contributed by atoms with Gasteiger partial charge in [-0.15, -0.1) is 5.70 Å². The smallest absolute Gasteiger partial charge is 0.676 e. The number of carbonyl (C=O) groups excluding carboxylic acids is 1. The zero-order chi connectivity index (χ0) is 16.1. The van der Waals surface area contributed by atoms with Crippen molar-refractivity contribution in [2.24, 2.45) is 0 Å². The minimum atomic E-state index is 0. The number of likely N-dealkylation sites (N-methyl/N-ethyl adjacent to an activating group) is 1. The van der Waals surface area contributed by atoms with Crippen molar-refractivity contribution in [1.29, 1.82) is 0 Å². The summed E-state index contributed by atoms with van der Waals surface area (Å²) in [7, 11) is 1.80. The van der Waals surface area contributed by atoms with Crippen molar-refractivity contribution in [2.45, 2.75) is 0 Å². The number of amides is 1. The molecule has 3 nitrogen and oxygen atoms in total. The maximum absolute atomic E-state index is 11.9. The second-order valence-electron chi connectivity index (χ2n) is 5.27. The second kappa shape index (κ2) is 8.44. The number of para-hydroxylation sites is 1. The number of hydrogen-bond acceptors (Lipinski definition) is 1. The molecule has 1 amide bonds. The Morgan fingerprint density at radius 3 is 2.33 bits per heavy atom. The van der Waals surface area contributed by atoms with Gasteiger partial charge in [0.1, 0.15) is 0 Å². The van der Waals surface area contributed by atoms with Gasteiger partial charge < -0.3 is 10.2 Å². The molecule has 2 aromatic rings. The van der Waals surface area contributed by atoms with Gasteiger partial charge in [0.15, 0.2) is 0 Å². The number of anilines is 1. The SMILES string of the molecule is CN1C(=O)C[N-]C(=C2C=CC=C2)c2ccccc21.[Fe+2].c1cc[cH-]c1. The van der Waals surface area contributed by atoms with Crippen LogP contribution >= 0.6 is 0 Å². The van der Waals surface area contributed by atoms with Gasteiger partial charge in [-0.3, -0.25) is 4.79 Å². The number of fused-ring (bicyclic) bond motifs is 1. The average Bonchev–Trinajstić information content (AvgIpc) is 3.29. The molecule has 122 valence electrons. The number of carbonyl (C=O) groups is 1. The van der Waals surface area contributed by atoms with Gasteiger partial charge in [0.2, 0.25) is 5.91 Å². The molecule has 2 aromatic carbocycles. The van der Waals surface area contributed by atoms with Crippen molar-refractivity contribution < 1.29 is 21.9 Å². The van der Waals surface area contributed by atoms with Crippen LogP contribution in [0.1, 0.15) is 5.56 Å². The van der Waals surface area contributed by atoms with E-state index in [2.05, 4.69) is 5.32 Å². The van der Waals surface area contributed by atoms with Crippen LogP contribution in [0.5, 0.6) is 0 Å². The summed E-state index contributed by atoms with van der Waals surface area (Å²) in [4.78, 5) is 13.6. The van der Waals surface area contributed by atoms with Crippen molar-refractivity contribution in [2.75, 3.05) is 18.5 Å². The van der Waals surface area contributed by atoms with Crippen molar-refractivity contribution in [3.05, 3.63) is 95.4 Å². The van der Waals surface area contributed by atoms with Crippen molar-refractivity contribution >= 4 is 17.3 Å². The summed E-state index contributed by atoms with van der Waals surface area (Å²) in [6.07, 6.45) is 8.00. The van der Waals surface area contributed by atoms with E-state index in [0.717, 1.165) is 22.5 Å². The zero-order valence-corrected chi connectivity index (χ0v) is 14.5. The number of benzene rings is 1.